The van der Waals surface area contributed by atoms with E-state index in [-0.39, 0.29) is 5.91 Å². The third-order valence-electron chi connectivity index (χ3n) is 4.55. The monoisotopic (exact) mass is 266 g/mol. The number of hydrogen-bond acceptors (Lipinski definition) is 4. The molecule has 0 aromatic rings. The molecule has 2 aliphatic heterocycles. The standard InChI is InChI=1S/C14H26N4O/c19-14(11-17-7-4-15-5-8-17)16-9-12-3-6-18(10-12)13-1-2-13/h12-13,15H,1-11H2,(H,16,19). The Hall–Kier alpha value is -0.650. The molecule has 1 amide bonds. The highest BCUT2D eigenvalue weighted by Crippen LogP contribution is 2.31. The number of nitrogens with one attached hydrogen (secondary N) is 2. The second-order valence-electron chi connectivity index (χ2n) is 6.21. The molecule has 3 fully saturated rings. The molecule has 0 bridgehead atoms. The highest BCUT2D eigenvalue weighted by molar-refractivity contribution is 5.78. The maximum atomic E-state index is 11.9. The first-order valence-electron chi connectivity index (χ1n) is 7.75. The molecule has 0 aromatic heterocycles. The van der Waals surface area contributed by atoms with Crippen LogP contribution in [0.4, 0.5) is 0 Å². The van der Waals surface area contributed by atoms with E-state index in [9.17, 15) is 4.79 Å². The lowest BCUT2D eigenvalue weighted by Crippen LogP contribution is -2.48. The van der Waals surface area contributed by atoms with E-state index in [4.69, 9.17) is 0 Å². The van der Waals surface area contributed by atoms with Crippen molar-refractivity contribution in [3.63, 3.8) is 0 Å². The lowest BCUT2D eigenvalue weighted by atomic mass is 10.1. The maximum Gasteiger partial charge on any atom is 0.234 e. The molecule has 0 aromatic carbocycles. The van der Waals surface area contributed by atoms with Crippen molar-refractivity contribution in [3.05, 3.63) is 0 Å². The molecule has 1 unspecified atom stereocenters. The zero-order chi connectivity index (χ0) is 13.1. The first-order chi connectivity index (χ1) is 9.31. The minimum absolute atomic E-state index is 0.201. The number of hydrogen-bond donors (Lipinski definition) is 2. The van der Waals surface area contributed by atoms with E-state index in [1.165, 1.54) is 32.4 Å². The molecule has 2 saturated heterocycles. The van der Waals surface area contributed by atoms with Gasteiger partial charge in [-0.3, -0.25) is 9.69 Å². The smallest absolute Gasteiger partial charge is 0.234 e. The quantitative estimate of drug-likeness (QED) is 0.704. The lowest BCUT2D eigenvalue weighted by Gasteiger charge is -2.26. The summed E-state index contributed by atoms with van der Waals surface area (Å²) in [5.41, 5.74) is 0. The van der Waals surface area contributed by atoms with Crippen molar-refractivity contribution in [2.24, 2.45) is 5.92 Å². The second kappa shape index (κ2) is 6.20. The molecule has 108 valence electrons. The Morgan fingerprint density at radius 1 is 1.16 bits per heavy atom. The van der Waals surface area contributed by atoms with E-state index < -0.39 is 0 Å². The molecular formula is C14H26N4O. The van der Waals surface area contributed by atoms with Gasteiger partial charge in [0.1, 0.15) is 0 Å². The number of nitrogens with zero attached hydrogens (tertiary/aromatic N) is 2. The Kier molecular flexibility index (Phi) is 4.35. The van der Waals surface area contributed by atoms with Crippen LogP contribution in [0.5, 0.6) is 0 Å². The fraction of sp³-hybridized carbons (Fsp3) is 0.929. The molecule has 19 heavy (non-hydrogen) atoms. The normalized spacial score (nSPS) is 29.6. The summed E-state index contributed by atoms with van der Waals surface area (Å²) in [6, 6.07) is 0.876. The van der Waals surface area contributed by atoms with Crippen LogP contribution in [-0.4, -0.2) is 74.1 Å². The van der Waals surface area contributed by atoms with Gasteiger partial charge in [-0.25, -0.2) is 0 Å². The zero-order valence-electron chi connectivity index (χ0n) is 11.7. The predicted molar refractivity (Wildman–Crippen MR) is 75.0 cm³/mol. The molecule has 1 atom stereocenters. The number of rotatable bonds is 5. The molecule has 2 N–H and O–H groups in total. The average molecular weight is 266 g/mol. The van der Waals surface area contributed by atoms with Gasteiger partial charge in [0.2, 0.25) is 5.91 Å². The minimum Gasteiger partial charge on any atom is -0.355 e. The summed E-state index contributed by atoms with van der Waals surface area (Å²) in [5.74, 6) is 0.874. The third kappa shape index (κ3) is 3.91. The van der Waals surface area contributed by atoms with E-state index in [0.717, 1.165) is 38.8 Å². The van der Waals surface area contributed by atoms with Crippen molar-refractivity contribution in [3.8, 4) is 0 Å². The number of piperazine rings is 1. The summed E-state index contributed by atoms with van der Waals surface area (Å²) in [7, 11) is 0. The molecule has 5 nitrogen and oxygen atoms in total. The van der Waals surface area contributed by atoms with Crippen LogP contribution in [-0.2, 0) is 4.79 Å². The number of carbonyl (C=O) groups excluding carboxylic acids is 1. The highest BCUT2D eigenvalue weighted by atomic mass is 16.2. The lowest BCUT2D eigenvalue weighted by molar-refractivity contribution is -0.122. The highest BCUT2D eigenvalue weighted by Gasteiger charge is 2.34. The third-order valence-corrected chi connectivity index (χ3v) is 4.55. The Bertz CT molecular complexity index is 313. The fourth-order valence-corrected chi connectivity index (χ4v) is 3.19. The summed E-state index contributed by atoms with van der Waals surface area (Å²) in [4.78, 5) is 16.7. The Morgan fingerprint density at radius 2 is 1.95 bits per heavy atom. The second-order valence-corrected chi connectivity index (χ2v) is 6.21. The van der Waals surface area contributed by atoms with Gasteiger partial charge in [0.05, 0.1) is 6.54 Å². The van der Waals surface area contributed by atoms with Gasteiger partial charge in [0.15, 0.2) is 0 Å². The van der Waals surface area contributed by atoms with E-state index in [1.807, 2.05) is 0 Å². The van der Waals surface area contributed by atoms with Gasteiger partial charge >= 0.3 is 0 Å². The molecule has 5 heteroatoms. The van der Waals surface area contributed by atoms with Crippen molar-refractivity contribution in [1.82, 2.24) is 20.4 Å². The number of amides is 1. The molecule has 1 saturated carbocycles. The van der Waals surface area contributed by atoms with Gasteiger partial charge in [-0.15, -0.1) is 0 Å². The summed E-state index contributed by atoms with van der Waals surface area (Å²) < 4.78 is 0. The van der Waals surface area contributed by atoms with Crippen LogP contribution < -0.4 is 10.6 Å². The van der Waals surface area contributed by atoms with Crippen molar-refractivity contribution >= 4 is 5.91 Å². The molecule has 0 radical (unpaired) electrons. The molecule has 0 spiro atoms. The molecule has 3 rings (SSSR count). The van der Waals surface area contributed by atoms with Gasteiger partial charge in [0.25, 0.3) is 0 Å². The molecule has 2 heterocycles. The first-order valence-corrected chi connectivity index (χ1v) is 7.75. The van der Waals surface area contributed by atoms with Gasteiger partial charge in [0, 0.05) is 45.3 Å². The largest absolute Gasteiger partial charge is 0.355 e. The van der Waals surface area contributed by atoms with Crippen molar-refractivity contribution < 1.29 is 4.79 Å². The van der Waals surface area contributed by atoms with Crippen LogP contribution in [0.15, 0.2) is 0 Å². The summed E-state index contributed by atoms with van der Waals surface area (Å²) in [6.07, 6.45) is 4.04. The van der Waals surface area contributed by atoms with E-state index in [1.54, 1.807) is 0 Å². The van der Waals surface area contributed by atoms with Crippen LogP contribution in [0.25, 0.3) is 0 Å². The van der Waals surface area contributed by atoms with Crippen molar-refractivity contribution in [1.29, 1.82) is 0 Å². The van der Waals surface area contributed by atoms with Crippen molar-refractivity contribution in [2.75, 3.05) is 52.4 Å². The molecule has 3 aliphatic rings. The number of likely N-dealkylation sites (tertiary alicyclic amines) is 1. The SMILES string of the molecule is O=C(CN1CCNCC1)NCC1CCN(C2CC2)C1. The van der Waals surface area contributed by atoms with Gasteiger partial charge < -0.3 is 15.5 Å². The fourth-order valence-electron chi connectivity index (χ4n) is 3.19. The van der Waals surface area contributed by atoms with Crippen LogP contribution in [0.2, 0.25) is 0 Å². The minimum atomic E-state index is 0.201. The Morgan fingerprint density at radius 3 is 2.68 bits per heavy atom. The van der Waals surface area contributed by atoms with E-state index in [2.05, 4.69) is 20.4 Å². The van der Waals surface area contributed by atoms with Crippen LogP contribution in [0, 0.1) is 5.92 Å². The summed E-state index contributed by atoms with van der Waals surface area (Å²) in [5, 5.41) is 6.43. The van der Waals surface area contributed by atoms with Gasteiger partial charge in [-0.1, -0.05) is 0 Å². The Labute approximate surface area is 115 Å². The van der Waals surface area contributed by atoms with Crippen LogP contribution >= 0.6 is 0 Å². The molecular weight excluding hydrogens is 240 g/mol. The van der Waals surface area contributed by atoms with E-state index >= 15 is 0 Å². The number of carbonyl (C=O) groups is 1. The Balaban J connectivity index is 1.31. The van der Waals surface area contributed by atoms with Crippen molar-refractivity contribution in [2.45, 2.75) is 25.3 Å². The van der Waals surface area contributed by atoms with Crippen LogP contribution in [0.3, 0.4) is 0 Å². The summed E-state index contributed by atoms with van der Waals surface area (Å²) in [6.45, 7) is 7.87. The predicted octanol–water partition coefficient (Wildman–Crippen LogP) is -0.508. The summed E-state index contributed by atoms with van der Waals surface area (Å²) >= 11 is 0. The molecule has 1 aliphatic carbocycles. The van der Waals surface area contributed by atoms with E-state index in [0.29, 0.717) is 12.5 Å². The van der Waals surface area contributed by atoms with Crippen LogP contribution in [0.1, 0.15) is 19.3 Å². The zero-order valence-corrected chi connectivity index (χ0v) is 11.7. The van der Waals surface area contributed by atoms with Gasteiger partial charge in [-0.2, -0.15) is 0 Å². The first kappa shape index (κ1) is 13.3. The maximum absolute atomic E-state index is 11.9. The topological polar surface area (TPSA) is 47.6 Å². The van der Waals surface area contributed by atoms with Gasteiger partial charge in [-0.05, 0) is 31.7 Å². The average Bonchev–Trinajstić information content (AvgIpc) is 3.17.